The summed E-state index contributed by atoms with van der Waals surface area (Å²) in [7, 11) is 3.83. The lowest BCUT2D eigenvalue weighted by atomic mass is 9.94. The van der Waals surface area contributed by atoms with Crippen LogP contribution in [0.3, 0.4) is 0 Å². The largest absolute Gasteiger partial charge is 0.419 e. The highest BCUT2D eigenvalue weighted by Gasteiger charge is 2.22. The number of hydrogen-bond donors (Lipinski definition) is 0. The molecule has 1 aliphatic rings. The number of likely N-dealkylation sites (N-methyl/N-ethyl adjacent to an activating group) is 2. The Bertz CT molecular complexity index is 774. The van der Waals surface area contributed by atoms with Crippen molar-refractivity contribution in [3.63, 3.8) is 0 Å². The second-order valence-corrected chi connectivity index (χ2v) is 7.02. The summed E-state index contributed by atoms with van der Waals surface area (Å²) in [5.41, 5.74) is 1.40. The Hall–Kier alpha value is -2.08. The molecule has 0 spiro atoms. The van der Waals surface area contributed by atoms with Crippen LogP contribution in [0.1, 0.15) is 32.1 Å². The minimum absolute atomic E-state index is 0.152. The molecule has 1 aromatic carbocycles. The highest BCUT2D eigenvalue weighted by Crippen LogP contribution is 2.21. The molecule has 0 unspecified atom stereocenters. The zero-order valence-electron chi connectivity index (χ0n) is 15.1. The fraction of sp³-hybridized carbons (Fsp3) is 0.579. The minimum atomic E-state index is -0.347. The lowest BCUT2D eigenvalue weighted by Crippen LogP contribution is -2.43. The topological polar surface area (TPSA) is 58.7 Å². The summed E-state index contributed by atoms with van der Waals surface area (Å²) in [6.07, 6.45) is 5.94. The number of carbonyl (C=O) groups is 1. The van der Waals surface area contributed by atoms with Crippen LogP contribution in [-0.4, -0.2) is 53.5 Å². The Morgan fingerprint density at radius 3 is 2.68 bits per heavy atom. The van der Waals surface area contributed by atoms with E-state index in [1.54, 1.807) is 10.6 Å². The fourth-order valence-corrected chi connectivity index (χ4v) is 3.59. The summed E-state index contributed by atoms with van der Waals surface area (Å²) in [4.78, 5) is 28.4. The van der Waals surface area contributed by atoms with E-state index in [4.69, 9.17) is 4.42 Å². The zero-order chi connectivity index (χ0) is 17.8. The number of aromatic nitrogens is 1. The van der Waals surface area contributed by atoms with E-state index in [2.05, 4.69) is 0 Å². The number of carbonyl (C=O) groups excluding carboxylic acids is 1. The molecular weight excluding hydrogens is 318 g/mol. The van der Waals surface area contributed by atoms with Crippen molar-refractivity contribution in [1.29, 1.82) is 0 Å². The molecule has 25 heavy (non-hydrogen) atoms. The van der Waals surface area contributed by atoms with Gasteiger partial charge >= 0.3 is 5.76 Å². The van der Waals surface area contributed by atoms with Crippen LogP contribution in [0.15, 0.2) is 33.5 Å². The monoisotopic (exact) mass is 345 g/mol. The summed E-state index contributed by atoms with van der Waals surface area (Å²) < 4.78 is 6.87. The Balaban J connectivity index is 1.55. The molecule has 1 aliphatic carbocycles. The maximum Gasteiger partial charge on any atom is 0.419 e. The summed E-state index contributed by atoms with van der Waals surface area (Å²) in [6.45, 7) is 1.50. The van der Waals surface area contributed by atoms with Crippen LogP contribution in [-0.2, 0) is 11.3 Å². The average Bonchev–Trinajstić information content (AvgIpc) is 2.95. The summed E-state index contributed by atoms with van der Waals surface area (Å²) in [5, 5.41) is 0. The van der Waals surface area contributed by atoms with Crippen molar-refractivity contribution in [3.8, 4) is 0 Å². The van der Waals surface area contributed by atoms with E-state index in [1.165, 1.54) is 19.3 Å². The van der Waals surface area contributed by atoms with Gasteiger partial charge in [0.2, 0.25) is 5.91 Å². The second kappa shape index (κ2) is 7.87. The van der Waals surface area contributed by atoms with E-state index in [1.807, 2.05) is 42.1 Å². The van der Waals surface area contributed by atoms with Gasteiger partial charge in [0.15, 0.2) is 5.58 Å². The van der Waals surface area contributed by atoms with Gasteiger partial charge < -0.3 is 9.32 Å². The Morgan fingerprint density at radius 1 is 1.20 bits per heavy atom. The highest BCUT2D eigenvalue weighted by atomic mass is 16.4. The number of oxazole rings is 1. The number of para-hydroxylation sites is 2. The van der Waals surface area contributed by atoms with E-state index >= 15 is 0 Å². The second-order valence-electron chi connectivity index (χ2n) is 7.02. The Labute approximate surface area is 148 Å². The first-order valence-electron chi connectivity index (χ1n) is 9.09. The van der Waals surface area contributed by atoms with Gasteiger partial charge in [-0.2, -0.15) is 0 Å². The molecule has 1 heterocycles. The molecule has 0 bridgehead atoms. The molecule has 1 aromatic heterocycles. The van der Waals surface area contributed by atoms with Gasteiger partial charge in [0, 0.05) is 26.2 Å². The van der Waals surface area contributed by atoms with E-state index < -0.39 is 0 Å². The van der Waals surface area contributed by atoms with Crippen molar-refractivity contribution in [2.24, 2.45) is 0 Å². The summed E-state index contributed by atoms with van der Waals surface area (Å²) in [5.74, 6) is -0.195. The van der Waals surface area contributed by atoms with Crippen molar-refractivity contribution in [3.05, 3.63) is 34.8 Å². The molecule has 6 nitrogen and oxygen atoms in total. The maximum absolute atomic E-state index is 12.5. The molecule has 0 aliphatic heterocycles. The van der Waals surface area contributed by atoms with Gasteiger partial charge in [0.1, 0.15) is 0 Å². The van der Waals surface area contributed by atoms with Crippen LogP contribution < -0.4 is 5.76 Å². The number of nitrogens with zero attached hydrogens (tertiary/aromatic N) is 3. The summed E-state index contributed by atoms with van der Waals surface area (Å²) >= 11 is 0. The molecule has 0 radical (unpaired) electrons. The van der Waals surface area contributed by atoms with Crippen molar-refractivity contribution >= 4 is 17.0 Å². The third-order valence-corrected chi connectivity index (χ3v) is 5.20. The van der Waals surface area contributed by atoms with Crippen molar-refractivity contribution in [1.82, 2.24) is 14.4 Å². The summed E-state index contributed by atoms with van der Waals surface area (Å²) in [6, 6.07) is 7.79. The predicted octanol–water partition coefficient (Wildman–Crippen LogP) is 2.32. The SMILES string of the molecule is CN(CCn1c(=O)oc2ccccc21)CC(=O)N(C)C1CCCCC1. The van der Waals surface area contributed by atoms with Crippen molar-refractivity contribution in [2.45, 2.75) is 44.7 Å². The first-order chi connectivity index (χ1) is 12.1. The van der Waals surface area contributed by atoms with Gasteiger partial charge in [-0.05, 0) is 32.0 Å². The molecule has 1 amide bonds. The van der Waals surface area contributed by atoms with Crippen molar-refractivity contribution < 1.29 is 9.21 Å². The molecular formula is C19H27N3O3. The minimum Gasteiger partial charge on any atom is -0.408 e. The number of amides is 1. The zero-order valence-corrected chi connectivity index (χ0v) is 15.1. The number of fused-ring (bicyclic) bond motifs is 1. The maximum atomic E-state index is 12.5. The first kappa shape index (κ1) is 17.7. The van der Waals surface area contributed by atoms with Gasteiger partial charge in [0.05, 0.1) is 12.1 Å². The van der Waals surface area contributed by atoms with Crippen LogP contribution >= 0.6 is 0 Å². The van der Waals surface area contributed by atoms with Crippen LogP contribution in [0.2, 0.25) is 0 Å². The molecule has 2 aromatic rings. The smallest absolute Gasteiger partial charge is 0.408 e. The highest BCUT2D eigenvalue weighted by molar-refractivity contribution is 5.78. The third kappa shape index (κ3) is 4.12. The van der Waals surface area contributed by atoms with E-state index in [-0.39, 0.29) is 11.7 Å². The van der Waals surface area contributed by atoms with Gasteiger partial charge in [-0.15, -0.1) is 0 Å². The van der Waals surface area contributed by atoms with E-state index in [0.717, 1.165) is 18.4 Å². The lowest BCUT2D eigenvalue weighted by molar-refractivity contribution is -0.133. The fourth-order valence-electron chi connectivity index (χ4n) is 3.59. The standard InChI is InChI=1S/C19H27N3O3/c1-20(14-18(23)21(2)15-8-4-3-5-9-15)12-13-22-16-10-6-7-11-17(16)25-19(22)24/h6-7,10-11,15H,3-5,8-9,12-14H2,1-2H3. The first-order valence-corrected chi connectivity index (χ1v) is 9.09. The third-order valence-electron chi connectivity index (χ3n) is 5.20. The van der Waals surface area contributed by atoms with Gasteiger partial charge in [-0.1, -0.05) is 31.4 Å². The molecule has 3 rings (SSSR count). The average molecular weight is 345 g/mol. The normalized spacial score (nSPS) is 15.8. The van der Waals surface area contributed by atoms with Gasteiger partial charge in [-0.3, -0.25) is 14.3 Å². The van der Waals surface area contributed by atoms with Crippen LogP contribution in [0.5, 0.6) is 0 Å². The Kier molecular flexibility index (Phi) is 5.58. The quantitative estimate of drug-likeness (QED) is 0.806. The number of benzene rings is 1. The lowest BCUT2D eigenvalue weighted by Gasteiger charge is -2.32. The van der Waals surface area contributed by atoms with Gasteiger partial charge in [0.25, 0.3) is 0 Å². The van der Waals surface area contributed by atoms with Crippen LogP contribution in [0.25, 0.3) is 11.1 Å². The predicted molar refractivity (Wildman–Crippen MR) is 97.6 cm³/mol. The number of rotatable bonds is 6. The van der Waals surface area contributed by atoms with Gasteiger partial charge in [-0.25, -0.2) is 4.79 Å². The van der Waals surface area contributed by atoms with E-state index in [9.17, 15) is 9.59 Å². The van der Waals surface area contributed by atoms with Crippen LogP contribution in [0, 0.1) is 0 Å². The molecule has 0 atom stereocenters. The van der Waals surface area contributed by atoms with Crippen LogP contribution in [0.4, 0.5) is 0 Å². The number of hydrogen-bond acceptors (Lipinski definition) is 4. The molecule has 0 N–H and O–H groups in total. The molecule has 136 valence electrons. The van der Waals surface area contributed by atoms with Crippen molar-refractivity contribution in [2.75, 3.05) is 27.2 Å². The molecule has 6 heteroatoms. The molecule has 1 saturated carbocycles. The molecule has 1 fully saturated rings. The van der Waals surface area contributed by atoms with E-state index in [0.29, 0.717) is 31.3 Å². The Morgan fingerprint density at radius 2 is 1.92 bits per heavy atom. The molecule has 0 saturated heterocycles.